The first kappa shape index (κ1) is 9.72. The van der Waals surface area contributed by atoms with Crippen LogP contribution in [0, 0.1) is 12.7 Å². The molecule has 0 radical (unpaired) electrons. The lowest BCUT2D eigenvalue weighted by Gasteiger charge is -2.09. The molecule has 0 fully saturated rings. The Kier molecular flexibility index (Phi) is 2.66. The van der Waals surface area contributed by atoms with Crippen molar-refractivity contribution in [1.82, 2.24) is 0 Å². The second kappa shape index (κ2) is 3.56. The van der Waals surface area contributed by atoms with Gasteiger partial charge in [0.15, 0.2) is 0 Å². The molecule has 13 heavy (non-hydrogen) atoms. The van der Waals surface area contributed by atoms with Crippen LogP contribution in [-0.4, -0.2) is 0 Å². The zero-order chi connectivity index (χ0) is 10.0. The van der Waals surface area contributed by atoms with E-state index in [1.807, 2.05) is 6.92 Å². The molecule has 0 aliphatic rings. The molecule has 0 unspecified atom stereocenters. The second-order valence-corrected chi connectivity index (χ2v) is 3.12. The first-order valence-corrected chi connectivity index (χ1v) is 4.15. The van der Waals surface area contributed by atoms with Gasteiger partial charge in [-0.15, -0.1) is 0 Å². The number of benzene rings is 1. The van der Waals surface area contributed by atoms with Gasteiger partial charge in [-0.25, -0.2) is 4.39 Å². The normalized spacial score (nSPS) is 9.77. The number of allylic oxidation sites excluding steroid dienone is 1. The third-order valence-electron chi connectivity index (χ3n) is 2.08. The van der Waals surface area contributed by atoms with Crippen LogP contribution in [0.5, 0.6) is 0 Å². The maximum atomic E-state index is 13.2. The van der Waals surface area contributed by atoms with Crippen molar-refractivity contribution in [3.63, 3.8) is 0 Å². The summed E-state index contributed by atoms with van der Waals surface area (Å²) in [7, 11) is 0. The summed E-state index contributed by atoms with van der Waals surface area (Å²) >= 11 is 0. The second-order valence-electron chi connectivity index (χ2n) is 3.12. The van der Waals surface area contributed by atoms with E-state index in [-0.39, 0.29) is 5.82 Å². The van der Waals surface area contributed by atoms with Crippen LogP contribution in [0.25, 0.3) is 11.6 Å². The van der Waals surface area contributed by atoms with Crippen molar-refractivity contribution in [1.29, 1.82) is 0 Å². The van der Waals surface area contributed by atoms with Gasteiger partial charge in [-0.05, 0) is 36.6 Å². The minimum atomic E-state index is -0.191. The van der Waals surface area contributed by atoms with Crippen LogP contribution in [0.15, 0.2) is 25.3 Å². The maximum Gasteiger partial charge on any atom is 0.126 e. The van der Waals surface area contributed by atoms with Crippen LogP contribution < -0.4 is 0 Å². The third-order valence-corrected chi connectivity index (χ3v) is 2.08. The van der Waals surface area contributed by atoms with Gasteiger partial charge in [-0.2, -0.15) is 0 Å². The molecule has 68 valence electrons. The van der Waals surface area contributed by atoms with E-state index in [9.17, 15) is 4.39 Å². The summed E-state index contributed by atoms with van der Waals surface area (Å²) in [5.74, 6) is -0.191. The van der Waals surface area contributed by atoms with Gasteiger partial charge < -0.3 is 0 Å². The summed E-state index contributed by atoms with van der Waals surface area (Å²) in [6.45, 7) is 11.1. The summed E-state index contributed by atoms with van der Waals surface area (Å²) in [5.41, 5.74) is 3.32. The highest BCUT2D eigenvalue weighted by atomic mass is 19.1. The first-order chi connectivity index (χ1) is 6.07. The van der Waals surface area contributed by atoms with Crippen molar-refractivity contribution in [3.05, 3.63) is 47.8 Å². The predicted molar refractivity (Wildman–Crippen MR) is 55.9 cm³/mol. The van der Waals surface area contributed by atoms with Crippen molar-refractivity contribution in [2.24, 2.45) is 0 Å². The summed E-state index contributed by atoms with van der Waals surface area (Å²) in [4.78, 5) is 0. The van der Waals surface area contributed by atoms with Crippen molar-refractivity contribution >= 4 is 11.6 Å². The van der Waals surface area contributed by atoms with E-state index in [0.29, 0.717) is 5.56 Å². The highest BCUT2D eigenvalue weighted by Gasteiger charge is 2.07. The van der Waals surface area contributed by atoms with Gasteiger partial charge in [0.1, 0.15) is 5.82 Å². The van der Waals surface area contributed by atoms with Crippen molar-refractivity contribution in [2.45, 2.75) is 13.8 Å². The zero-order valence-corrected chi connectivity index (χ0v) is 8.02. The lowest BCUT2D eigenvalue weighted by Crippen LogP contribution is -1.93. The fourth-order valence-electron chi connectivity index (χ4n) is 1.44. The van der Waals surface area contributed by atoms with Crippen LogP contribution in [-0.2, 0) is 0 Å². The minimum absolute atomic E-state index is 0.191. The SMILES string of the molecule is C=Cc1ccc(F)c(C)c1C(=C)C. The summed E-state index contributed by atoms with van der Waals surface area (Å²) in [6.07, 6.45) is 1.72. The number of hydrogen-bond acceptors (Lipinski definition) is 0. The molecule has 0 aromatic heterocycles. The highest BCUT2D eigenvalue weighted by molar-refractivity contribution is 5.73. The van der Waals surface area contributed by atoms with E-state index in [1.54, 1.807) is 19.1 Å². The molecule has 0 nitrogen and oxygen atoms in total. The smallest absolute Gasteiger partial charge is 0.126 e. The van der Waals surface area contributed by atoms with Gasteiger partial charge in [0.2, 0.25) is 0 Å². The fraction of sp³-hybridized carbons (Fsp3) is 0.167. The lowest BCUT2D eigenvalue weighted by atomic mass is 9.96. The summed E-state index contributed by atoms with van der Waals surface area (Å²) < 4.78 is 13.2. The molecule has 1 heteroatoms. The van der Waals surface area contributed by atoms with E-state index in [1.165, 1.54) is 6.07 Å². The first-order valence-electron chi connectivity index (χ1n) is 4.15. The van der Waals surface area contributed by atoms with E-state index < -0.39 is 0 Å². The Morgan fingerprint density at radius 2 is 2.08 bits per heavy atom. The summed E-state index contributed by atoms with van der Waals surface area (Å²) in [6, 6.07) is 3.18. The minimum Gasteiger partial charge on any atom is -0.207 e. The van der Waals surface area contributed by atoms with Gasteiger partial charge in [0.25, 0.3) is 0 Å². The molecule has 0 aliphatic heterocycles. The Morgan fingerprint density at radius 3 is 2.54 bits per heavy atom. The number of rotatable bonds is 2. The van der Waals surface area contributed by atoms with Gasteiger partial charge >= 0.3 is 0 Å². The van der Waals surface area contributed by atoms with Gasteiger partial charge in [-0.1, -0.05) is 30.9 Å². The third kappa shape index (κ3) is 1.69. The van der Waals surface area contributed by atoms with E-state index in [0.717, 1.165) is 16.7 Å². The van der Waals surface area contributed by atoms with Crippen molar-refractivity contribution in [3.8, 4) is 0 Å². The fourth-order valence-corrected chi connectivity index (χ4v) is 1.44. The summed E-state index contributed by atoms with van der Waals surface area (Å²) in [5, 5.41) is 0. The topological polar surface area (TPSA) is 0 Å². The molecule has 0 heterocycles. The molecule has 0 saturated carbocycles. The van der Waals surface area contributed by atoms with Crippen LogP contribution in [0.3, 0.4) is 0 Å². The van der Waals surface area contributed by atoms with E-state index in [4.69, 9.17) is 0 Å². The monoisotopic (exact) mass is 176 g/mol. The van der Waals surface area contributed by atoms with E-state index >= 15 is 0 Å². The van der Waals surface area contributed by atoms with Gasteiger partial charge in [-0.3, -0.25) is 0 Å². The average molecular weight is 176 g/mol. The Morgan fingerprint density at radius 1 is 1.46 bits per heavy atom. The van der Waals surface area contributed by atoms with Crippen LogP contribution in [0.2, 0.25) is 0 Å². The molecule has 1 rings (SSSR count). The molecule has 0 aliphatic carbocycles. The molecular weight excluding hydrogens is 163 g/mol. The molecule has 1 aromatic carbocycles. The van der Waals surface area contributed by atoms with Crippen LogP contribution >= 0.6 is 0 Å². The molecule has 0 bridgehead atoms. The van der Waals surface area contributed by atoms with Gasteiger partial charge in [0.05, 0.1) is 0 Å². The van der Waals surface area contributed by atoms with E-state index in [2.05, 4.69) is 13.2 Å². The Bertz CT molecular complexity index is 362. The Balaban J connectivity index is 3.50. The zero-order valence-electron chi connectivity index (χ0n) is 8.02. The average Bonchev–Trinajstić information content (AvgIpc) is 2.08. The van der Waals surface area contributed by atoms with Crippen molar-refractivity contribution < 1.29 is 4.39 Å². The quantitative estimate of drug-likeness (QED) is 0.642. The van der Waals surface area contributed by atoms with Gasteiger partial charge in [0, 0.05) is 0 Å². The number of hydrogen-bond donors (Lipinski definition) is 0. The lowest BCUT2D eigenvalue weighted by molar-refractivity contribution is 0.617. The standard InChI is InChI=1S/C12H13F/c1-5-10-6-7-11(13)9(4)12(10)8(2)3/h5-7H,1-2H2,3-4H3. The molecule has 0 saturated heterocycles. The Hall–Kier alpha value is -1.37. The van der Waals surface area contributed by atoms with Crippen LogP contribution in [0.1, 0.15) is 23.6 Å². The molecular formula is C12H13F. The molecule has 0 N–H and O–H groups in total. The molecule has 1 aromatic rings. The molecule has 0 spiro atoms. The van der Waals surface area contributed by atoms with Crippen LogP contribution in [0.4, 0.5) is 4.39 Å². The largest absolute Gasteiger partial charge is 0.207 e. The molecule has 0 atom stereocenters. The maximum absolute atomic E-state index is 13.2. The number of halogens is 1. The van der Waals surface area contributed by atoms with Crippen molar-refractivity contribution in [2.75, 3.05) is 0 Å². The predicted octanol–water partition coefficient (Wildman–Crippen LogP) is 3.81. The molecule has 0 amide bonds. The Labute approximate surface area is 78.4 Å². The highest BCUT2D eigenvalue weighted by Crippen LogP contribution is 2.24.